The SMILES string of the molecule is O=C1CC(NCCO)CN1. The molecule has 0 bridgehead atoms. The number of rotatable bonds is 3. The Morgan fingerprint density at radius 1 is 1.80 bits per heavy atom. The number of amides is 1. The van der Waals surface area contributed by atoms with Gasteiger partial charge in [0.15, 0.2) is 0 Å². The number of hydrogen-bond acceptors (Lipinski definition) is 3. The lowest BCUT2D eigenvalue weighted by atomic mass is 10.2. The molecule has 1 fully saturated rings. The van der Waals surface area contributed by atoms with E-state index in [-0.39, 0.29) is 18.6 Å². The normalized spacial score (nSPS) is 24.9. The fraction of sp³-hybridized carbons (Fsp3) is 0.833. The number of carbonyl (C=O) groups excluding carboxylic acids is 1. The Morgan fingerprint density at radius 3 is 3.10 bits per heavy atom. The molecule has 10 heavy (non-hydrogen) atoms. The van der Waals surface area contributed by atoms with Gasteiger partial charge in [0.1, 0.15) is 0 Å². The summed E-state index contributed by atoms with van der Waals surface area (Å²) in [6.07, 6.45) is 0.542. The largest absolute Gasteiger partial charge is 0.395 e. The van der Waals surface area contributed by atoms with Gasteiger partial charge in [0.25, 0.3) is 0 Å². The Morgan fingerprint density at radius 2 is 2.60 bits per heavy atom. The molecular weight excluding hydrogens is 132 g/mol. The highest BCUT2D eigenvalue weighted by atomic mass is 16.3. The molecule has 58 valence electrons. The molecule has 0 aromatic rings. The summed E-state index contributed by atoms with van der Waals surface area (Å²) in [5.74, 6) is 0.0930. The average molecular weight is 144 g/mol. The van der Waals surface area contributed by atoms with Gasteiger partial charge in [-0.3, -0.25) is 4.79 Å². The minimum Gasteiger partial charge on any atom is -0.395 e. The number of carbonyl (C=O) groups is 1. The maximum Gasteiger partial charge on any atom is 0.221 e. The maximum absolute atomic E-state index is 10.6. The summed E-state index contributed by atoms with van der Waals surface area (Å²) in [7, 11) is 0. The fourth-order valence-electron chi connectivity index (χ4n) is 1.02. The van der Waals surface area contributed by atoms with Crippen LogP contribution in [-0.2, 0) is 4.79 Å². The molecule has 1 unspecified atom stereocenters. The zero-order valence-electron chi connectivity index (χ0n) is 5.76. The van der Waals surface area contributed by atoms with E-state index < -0.39 is 0 Å². The first-order valence-corrected chi connectivity index (χ1v) is 3.44. The van der Waals surface area contributed by atoms with Gasteiger partial charge in [-0.05, 0) is 0 Å². The van der Waals surface area contributed by atoms with Gasteiger partial charge in [0.2, 0.25) is 5.91 Å². The van der Waals surface area contributed by atoms with Crippen molar-refractivity contribution >= 4 is 5.91 Å². The van der Waals surface area contributed by atoms with E-state index in [9.17, 15) is 4.79 Å². The van der Waals surface area contributed by atoms with Crippen LogP contribution >= 0.6 is 0 Å². The lowest BCUT2D eigenvalue weighted by molar-refractivity contribution is -0.119. The van der Waals surface area contributed by atoms with E-state index in [1.165, 1.54) is 0 Å². The van der Waals surface area contributed by atoms with Crippen LogP contribution in [0, 0.1) is 0 Å². The summed E-state index contributed by atoms with van der Waals surface area (Å²) in [6, 6.07) is 0.222. The number of nitrogens with one attached hydrogen (secondary N) is 2. The van der Waals surface area contributed by atoms with Crippen LogP contribution in [0.3, 0.4) is 0 Å². The molecule has 0 spiro atoms. The van der Waals surface area contributed by atoms with Crippen molar-refractivity contribution in [2.24, 2.45) is 0 Å². The molecule has 0 aromatic carbocycles. The monoisotopic (exact) mass is 144 g/mol. The van der Waals surface area contributed by atoms with Crippen molar-refractivity contribution in [2.45, 2.75) is 12.5 Å². The summed E-state index contributed by atoms with van der Waals surface area (Å²) in [5, 5.41) is 14.1. The second-order valence-electron chi connectivity index (χ2n) is 2.38. The molecule has 1 rings (SSSR count). The van der Waals surface area contributed by atoms with Crippen LogP contribution in [0.2, 0.25) is 0 Å². The van der Waals surface area contributed by atoms with E-state index >= 15 is 0 Å². The molecule has 4 heteroatoms. The van der Waals surface area contributed by atoms with Crippen molar-refractivity contribution in [1.29, 1.82) is 0 Å². The molecule has 0 saturated carbocycles. The van der Waals surface area contributed by atoms with Gasteiger partial charge in [0.05, 0.1) is 6.61 Å². The van der Waals surface area contributed by atoms with E-state index in [1.807, 2.05) is 0 Å². The maximum atomic E-state index is 10.6. The van der Waals surface area contributed by atoms with Crippen molar-refractivity contribution in [1.82, 2.24) is 10.6 Å². The van der Waals surface area contributed by atoms with Crippen molar-refractivity contribution in [3.05, 3.63) is 0 Å². The van der Waals surface area contributed by atoms with Crippen LogP contribution in [0.25, 0.3) is 0 Å². The van der Waals surface area contributed by atoms with E-state index in [0.717, 1.165) is 0 Å². The first-order valence-electron chi connectivity index (χ1n) is 3.44. The third kappa shape index (κ3) is 1.97. The van der Waals surface area contributed by atoms with E-state index in [2.05, 4.69) is 10.6 Å². The molecule has 0 radical (unpaired) electrons. The second kappa shape index (κ2) is 3.53. The molecule has 1 saturated heterocycles. The minimum absolute atomic E-state index is 0.0930. The minimum atomic E-state index is 0.0930. The molecule has 1 atom stereocenters. The van der Waals surface area contributed by atoms with Gasteiger partial charge in [0, 0.05) is 25.6 Å². The Bertz CT molecular complexity index is 127. The predicted molar refractivity (Wildman–Crippen MR) is 36.5 cm³/mol. The van der Waals surface area contributed by atoms with Crippen LogP contribution in [0.15, 0.2) is 0 Å². The Balaban J connectivity index is 2.12. The van der Waals surface area contributed by atoms with Gasteiger partial charge >= 0.3 is 0 Å². The Labute approximate surface area is 59.6 Å². The average Bonchev–Trinajstić information content (AvgIpc) is 2.31. The molecule has 0 aliphatic carbocycles. The Kier molecular flexibility index (Phi) is 2.65. The lowest BCUT2D eigenvalue weighted by Crippen LogP contribution is -2.32. The van der Waals surface area contributed by atoms with Gasteiger partial charge in [-0.1, -0.05) is 0 Å². The van der Waals surface area contributed by atoms with Crippen LogP contribution in [0.5, 0.6) is 0 Å². The van der Waals surface area contributed by atoms with Crippen LogP contribution in [0.1, 0.15) is 6.42 Å². The molecule has 1 aliphatic rings. The van der Waals surface area contributed by atoms with Crippen LogP contribution < -0.4 is 10.6 Å². The molecule has 1 heterocycles. The summed E-state index contributed by atoms with van der Waals surface area (Å²) in [6.45, 7) is 1.39. The van der Waals surface area contributed by atoms with Crippen molar-refractivity contribution in [2.75, 3.05) is 19.7 Å². The third-order valence-corrected chi connectivity index (χ3v) is 1.52. The zero-order valence-corrected chi connectivity index (χ0v) is 5.76. The van der Waals surface area contributed by atoms with E-state index in [4.69, 9.17) is 5.11 Å². The number of hydrogen-bond donors (Lipinski definition) is 3. The summed E-state index contributed by atoms with van der Waals surface area (Å²) in [5.41, 5.74) is 0. The summed E-state index contributed by atoms with van der Waals surface area (Å²) >= 11 is 0. The van der Waals surface area contributed by atoms with Gasteiger partial charge in [-0.15, -0.1) is 0 Å². The second-order valence-corrected chi connectivity index (χ2v) is 2.38. The third-order valence-electron chi connectivity index (χ3n) is 1.52. The van der Waals surface area contributed by atoms with Gasteiger partial charge in [-0.25, -0.2) is 0 Å². The standard InChI is InChI=1S/C6H12N2O2/c9-2-1-7-5-3-6(10)8-4-5/h5,7,9H,1-4H2,(H,8,10). The molecule has 0 aromatic heterocycles. The van der Waals surface area contributed by atoms with Crippen molar-refractivity contribution in [3.8, 4) is 0 Å². The van der Waals surface area contributed by atoms with Crippen LogP contribution in [0.4, 0.5) is 0 Å². The van der Waals surface area contributed by atoms with E-state index in [1.54, 1.807) is 0 Å². The lowest BCUT2D eigenvalue weighted by Gasteiger charge is -2.06. The fourth-order valence-corrected chi connectivity index (χ4v) is 1.02. The zero-order chi connectivity index (χ0) is 7.40. The first-order chi connectivity index (χ1) is 4.83. The first kappa shape index (κ1) is 7.50. The van der Waals surface area contributed by atoms with Crippen LogP contribution in [-0.4, -0.2) is 36.8 Å². The van der Waals surface area contributed by atoms with Crippen molar-refractivity contribution < 1.29 is 9.90 Å². The quantitative estimate of drug-likeness (QED) is 0.449. The molecule has 3 N–H and O–H groups in total. The number of aliphatic hydroxyl groups is 1. The summed E-state index contributed by atoms with van der Waals surface area (Å²) < 4.78 is 0. The summed E-state index contributed by atoms with van der Waals surface area (Å²) in [4.78, 5) is 10.6. The smallest absolute Gasteiger partial charge is 0.221 e. The highest BCUT2D eigenvalue weighted by Crippen LogP contribution is 1.97. The van der Waals surface area contributed by atoms with Gasteiger partial charge in [-0.2, -0.15) is 0 Å². The highest BCUT2D eigenvalue weighted by Gasteiger charge is 2.19. The van der Waals surface area contributed by atoms with Crippen molar-refractivity contribution in [3.63, 3.8) is 0 Å². The molecular formula is C6H12N2O2. The molecule has 1 aliphatic heterocycles. The van der Waals surface area contributed by atoms with E-state index in [0.29, 0.717) is 19.5 Å². The predicted octanol–water partition coefficient (Wildman–Crippen LogP) is -1.54. The highest BCUT2D eigenvalue weighted by molar-refractivity contribution is 5.78. The number of aliphatic hydroxyl groups excluding tert-OH is 1. The molecule has 1 amide bonds. The molecule has 4 nitrogen and oxygen atoms in total. The topological polar surface area (TPSA) is 61.4 Å². The Hall–Kier alpha value is -0.610. The van der Waals surface area contributed by atoms with Gasteiger partial charge < -0.3 is 15.7 Å².